The predicted molar refractivity (Wildman–Crippen MR) is 123 cm³/mol. The number of esters is 1. The summed E-state index contributed by atoms with van der Waals surface area (Å²) in [5.41, 5.74) is 1.91. The second-order valence-electron chi connectivity index (χ2n) is 7.26. The number of anilines is 1. The van der Waals surface area contributed by atoms with Gasteiger partial charge < -0.3 is 10.1 Å². The molecule has 170 valence electrons. The highest BCUT2D eigenvalue weighted by Gasteiger charge is 2.25. The number of hydrogen-bond donors (Lipinski definition) is 1. The van der Waals surface area contributed by atoms with Crippen molar-refractivity contribution in [3.63, 3.8) is 0 Å². The topological polar surface area (TPSA) is 129 Å². The van der Waals surface area contributed by atoms with Gasteiger partial charge in [-0.25, -0.2) is 9.48 Å². The first kappa shape index (κ1) is 22.3. The third kappa shape index (κ3) is 4.96. The summed E-state index contributed by atoms with van der Waals surface area (Å²) in [4.78, 5) is 40.0. The van der Waals surface area contributed by atoms with E-state index in [0.29, 0.717) is 11.3 Å². The minimum atomic E-state index is -1.17. The molecule has 34 heavy (non-hydrogen) atoms. The van der Waals surface area contributed by atoms with E-state index in [1.807, 2.05) is 30.3 Å². The van der Waals surface area contributed by atoms with E-state index in [4.69, 9.17) is 4.74 Å². The number of para-hydroxylation sites is 1. The van der Waals surface area contributed by atoms with Crippen molar-refractivity contribution in [1.29, 1.82) is 0 Å². The van der Waals surface area contributed by atoms with Crippen LogP contribution in [0.3, 0.4) is 0 Å². The molecule has 2 aromatic carbocycles. The molecule has 0 saturated heterocycles. The van der Waals surface area contributed by atoms with Gasteiger partial charge in [-0.15, -0.1) is 0 Å². The Bertz CT molecular complexity index is 1340. The van der Waals surface area contributed by atoms with Crippen molar-refractivity contribution in [2.24, 2.45) is 0 Å². The first-order valence-electron chi connectivity index (χ1n) is 10.2. The highest BCUT2D eigenvalue weighted by atomic mass is 16.6. The van der Waals surface area contributed by atoms with Gasteiger partial charge in [0.1, 0.15) is 11.3 Å². The fourth-order valence-corrected chi connectivity index (χ4v) is 3.17. The highest BCUT2D eigenvalue weighted by Crippen LogP contribution is 2.24. The maximum atomic E-state index is 13.0. The van der Waals surface area contributed by atoms with Gasteiger partial charge >= 0.3 is 5.97 Å². The number of carbonyl (C=O) groups excluding carboxylic acids is 2. The first-order valence-corrected chi connectivity index (χ1v) is 10.2. The number of ether oxygens (including phenoxy) is 1. The molecule has 0 bridgehead atoms. The molecular weight excluding hydrogens is 438 g/mol. The van der Waals surface area contributed by atoms with Crippen molar-refractivity contribution in [2.45, 2.75) is 13.0 Å². The van der Waals surface area contributed by atoms with Gasteiger partial charge in [-0.05, 0) is 37.3 Å². The number of non-ortho nitro benzene ring substituents is 1. The van der Waals surface area contributed by atoms with E-state index in [1.54, 1.807) is 29.2 Å². The zero-order valence-electron chi connectivity index (χ0n) is 18.0. The van der Waals surface area contributed by atoms with Crippen molar-refractivity contribution >= 4 is 23.3 Å². The predicted octanol–water partition coefficient (Wildman–Crippen LogP) is 4.03. The molecule has 1 amide bonds. The number of nitrogens with one attached hydrogen (secondary N) is 1. The summed E-state index contributed by atoms with van der Waals surface area (Å²) in [6.45, 7) is 1.41. The van der Waals surface area contributed by atoms with Gasteiger partial charge in [0.25, 0.3) is 11.6 Å². The van der Waals surface area contributed by atoms with E-state index in [1.165, 1.54) is 37.4 Å². The molecular formula is C24H19N5O5. The number of amides is 1. The Morgan fingerprint density at radius 1 is 1.09 bits per heavy atom. The molecule has 1 atom stereocenters. The van der Waals surface area contributed by atoms with Crippen molar-refractivity contribution in [3.05, 3.63) is 101 Å². The van der Waals surface area contributed by atoms with E-state index >= 15 is 0 Å². The molecule has 10 nitrogen and oxygen atoms in total. The van der Waals surface area contributed by atoms with Gasteiger partial charge in [-0.2, -0.15) is 5.10 Å². The Morgan fingerprint density at radius 3 is 2.59 bits per heavy atom. The summed E-state index contributed by atoms with van der Waals surface area (Å²) < 4.78 is 6.95. The second kappa shape index (κ2) is 9.74. The van der Waals surface area contributed by atoms with Gasteiger partial charge in [0.15, 0.2) is 6.10 Å². The minimum absolute atomic E-state index is 0.159. The van der Waals surface area contributed by atoms with E-state index in [0.717, 1.165) is 5.69 Å². The molecule has 0 aliphatic rings. The van der Waals surface area contributed by atoms with E-state index < -0.39 is 22.9 Å². The fraction of sp³-hybridized carbons (Fsp3) is 0.0833. The van der Waals surface area contributed by atoms with Crippen LogP contribution in [0.1, 0.15) is 17.3 Å². The quantitative estimate of drug-likeness (QED) is 0.252. The molecule has 1 N–H and O–H groups in total. The number of nitro benzene ring substituents is 1. The van der Waals surface area contributed by atoms with Crippen molar-refractivity contribution in [2.75, 3.05) is 5.32 Å². The van der Waals surface area contributed by atoms with Crippen LogP contribution in [0.15, 0.2) is 85.3 Å². The summed E-state index contributed by atoms with van der Waals surface area (Å²) in [6.07, 6.45) is 3.54. The van der Waals surface area contributed by atoms with Crippen molar-refractivity contribution in [1.82, 2.24) is 14.8 Å². The van der Waals surface area contributed by atoms with E-state index in [-0.39, 0.29) is 16.9 Å². The largest absolute Gasteiger partial charge is 0.449 e. The van der Waals surface area contributed by atoms with Crippen LogP contribution in [-0.4, -0.2) is 37.7 Å². The average molecular weight is 457 g/mol. The molecule has 2 aromatic heterocycles. The molecule has 4 aromatic rings. The number of hydrogen-bond acceptors (Lipinski definition) is 7. The lowest BCUT2D eigenvalue weighted by atomic mass is 10.1. The Labute approximate surface area is 194 Å². The molecule has 0 aliphatic heterocycles. The van der Waals surface area contributed by atoms with Crippen LogP contribution in [0.5, 0.6) is 0 Å². The highest BCUT2D eigenvalue weighted by molar-refractivity contribution is 6.00. The fourth-order valence-electron chi connectivity index (χ4n) is 3.17. The summed E-state index contributed by atoms with van der Waals surface area (Å²) >= 11 is 0. The summed E-state index contributed by atoms with van der Waals surface area (Å²) in [6, 6.07) is 18.2. The Balaban J connectivity index is 1.56. The number of benzene rings is 2. The summed E-state index contributed by atoms with van der Waals surface area (Å²) in [5.74, 6) is -1.38. The maximum absolute atomic E-state index is 13.0. The Kier molecular flexibility index (Phi) is 6.40. The lowest BCUT2D eigenvalue weighted by molar-refractivity contribution is -0.384. The summed E-state index contributed by atoms with van der Waals surface area (Å²) in [7, 11) is 0. The Hall–Kier alpha value is -4.86. The molecule has 0 spiro atoms. The lowest BCUT2D eigenvalue weighted by Crippen LogP contribution is -2.30. The van der Waals surface area contributed by atoms with E-state index in [9.17, 15) is 19.7 Å². The van der Waals surface area contributed by atoms with Crippen LogP contribution < -0.4 is 5.32 Å². The molecule has 1 unspecified atom stereocenters. The van der Waals surface area contributed by atoms with Crippen LogP contribution in [0.4, 0.5) is 11.4 Å². The first-order chi connectivity index (χ1) is 16.4. The zero-order chi connectivity index (χ0) is 24.1. The second-order valence-corrected chi connectivity index (χ2v) is 7.26. The number of carbonyl (C=O) groups is 2. The number of rotatable bonds is 7. The summed E-state index contributed by atoms with van der Waals surface area (Å²) in [5, 5.41) is 18.0. The molecule has 10 heteroatoms. The van der Waals surface area contributed by atoms with Crippen molar-refractivity contribution < 1.29 is 19.2 Å². The third-order valence-electron chi connectivity index (χ3n) is 4.87. The maximum Gasteiger partial charge on any atom is 0.342 e. The monoisotopic (exact) mass is 457 g/mol. The van der Waals surface area contributed by atoms with Gasteiger partial charge in [0.2, 0.25) is 0 Å². The molecule has 0 fully saturated rings. The lowest BCUT2D eigenvalue weighted by Gasteiger charge is -2.13. The number of pyridine rings is 1. The van der Waals surface area contributed by atoms with Gasteiger partial charge in [-0.3, -0.25) is 19.9 Å². The smallest absolute Gasteiger partial charge is 0.342 e. The minimum Gasteiger partial charge on any atom is -0.449 e. The molecule has 0 saturated carbocycles. The van der Waals surface area contributed by atoms with Gasteiger partial charge in [0, 0.05) is 42.0 Å². The number of nitro groups is 1. The third-order valence-corrected chi connectivity index (χ3v) is 4.87. The van der Waals surface area contributed by atoms with Crippen LogP contribution in [0.25, 0.3) is 16.9 Å². The van der Waals surface area contributed by atoms with Crippen LogP contribution in [0.2, 0.25) is 0 Å². The van der Waals surface area contributed by atoms with Crippen LogP contribution >= 0.6 is 0 Å². The molecule has 2 heterocycles. The van der Waals surface area contributed by atoms with Gasteiger partial charge in [0.05, 0.1) is 10.6 Å². The normalized spacial score (nSPS) is 11.4. The van der Waals surface area contributed by atoms with Crippen LogP contribution in [-0.2, 0) is 9.53 Å². The molecule has 4 rings (SSSR count). The number of nitrogens with zero attached hydrogens (tertiary/aromatic N) is 4. The van der Waals surface area contributed by atoms with Crippen LogP contribution in [0, 0.1) is 10.1 Å². The van der Waals surface area contributed by atoms with Crippen molar-refractivity contribution in [3.8, 4) is 16.9 Å². The molecule has 0 radical (unpaired) electrons. The number of aromatic nitrogens is 3. The molecule has 0 aliphatic carbocycles. The van der Waals surface area contributed by atoms with Gasteiger partial charge in [-0.1, -0.05) is 24.3 Å². The zero-order valence-corrected chi connectivity index (χ0v) is 18.0. The average Bonchev–Trinajstić information content (AvgIpc) is 3.31. The standard InChI is InChI=1S/C24H19N5O5/c1-16(23(30)26-18-8-5-11-20(13-18)29(32)33)34-24(31)21-15-28(19-9-3-2-4-10-19)27-22(21)17-7-6-12-25-14-17/h2-16H,1H3,(H,26,30). The van der Waals surface area contributed by atoms with E-state index in [2.05, 4.69) is 15.4 Å². The SMILES string of the molecule is CC(OC(=O)c1cn(-c2ccccc2)nc1-c1cccnc1)C(=O)Nc1cccc([N+](=O)[O-])c1. The Morgan fingerprint density at radius 2 is 1.88 bits per heavy atom.